The topological polar surface area (TPSA) is 21.8 Å². The second-order valence-electron chi connectivity index (χ2n) is 4.99. The molecular weight excluding hydrogens is 236 g/mol. The number of benzene rings is 2. The zero-order valence-electron chi connectivity index (χ0n) is 11.1. The van der Waals surface area contributed by atoms with Crippen LogP contribution in [0.4, 0.5) is 0 Å². The van der Waals surface area contributed by atoms with Gasteiger partial charge in [-0.1, -0.05) is 60.2 Å². The Hall–Kier alpha value is -1.64. The van der Waals surface area contributed by atoms with Gasteiger partial charge in [0.05, 0.1) is 13.2 Å². The van der Waals surface area contributed by atoms with E-state index in [0.29, 0.717) is 6.61 Å². The van der Waals surface area contributed by atoms with Gasteiger partial charge in [-0.05, 0) is 18.1 Å². The maximum absolute atomic E-state index is 6.05. The van der Waals surface area contributed by atoms with Crippen LogP contribution in [-0.2, 0) is 9.47 Å². The maximum Gasteiger partial charge on any atom is 0.108 e. The van der Waals surface area contributed by atoms with Gasteiger partial charge in [-0.3, -0.25) is 0 Å². The van der Waals surface area contributed by atoms with E-state index in [1.807, 2.05) is 18.2 Å². The fourth-order valence-electron chi connectivity index (χ4n) is 2.12. The lowest BCUT2D eigenvalue weighted by atomic mass is 10.0. The predicted octanol–water partition coefficient (Wildman–Crippen LogP) is 3.50. The van der Waals surface area contributed by atoms with E-state index in [0.717, 1.165) is 6.61 Å². The number of rotatable bonds is 5. The van der Waals surface area contributed by atoms with Crippen LogP contribution < -0.4 is 0 Å². The van der Waals surface area contributed by atoms with Crippen molar-refractivity contribution in [3.05, 3.63) is 71.3 Å². The fraction of sp³-hybridized carbons (Fsp3) is 0.294. The van der Waals surface area contributed by atoms with Gasteiger partial charge in [-0.2, -0.15) is 0 Å². The van der Waals surface area contributed by atoms with Crippen LogP contribution >= 0.6 is 0 Å². The van der Waals surface area contributed by atoms with Gasteiger partial charge >= 0.3 is 0 Å². The molecule has 0 bridgehead atoms. The number of hydrogen-bond donors (Lipinski definition) is 0. The van der Waals surface area contributed by atoms with Crippen molar-refractivity contribution in [2.45, 2.75) is 19.1 Å². The number of aryl methyl sites for hydroxylation is 1. The Morgan fingerprint density at radius 3 is 2.32 bits per heavy atom. The Morgan fingerprint density at radius 2 is 1.68 bits per heavy atom. The largest absolute Gasteiger partial charge is 0.371 e. The second-order valence-corrected chi connectivity index (χ2v) is 4.99. The summed E-state index contributed by atoms with van der Waals surface area (Å²) in [5.74, 6) is 0. The van der Waals surface area contributed by atoms with Gasteiger partial charge in [0.25, 0.3) is 0 Å². The third-order valence-corrected chi connectivity index (χ3v) is 3.33. The minimum Gasteiger partial charge on any atom is -0.371 e. The molecule has 0 amide bonds. The third kappa shape index (κ3) is 3.22. The molecule has 0 aromatic heterocycles. The molecule has 0 radical (unpaired) electrons. The molecule has 2 nitrogen and oxygen atoms in total. The highest BCUT2D eigenvalue weighted by Crippen LogP contribution is 2.27. The SMILES string of the molecule is Cc1ccc([C@@H](OC[C@@H]2CO2)c2ccccc2)cc1. The molecule has 0 N–H and O–H groups in total. The molecule has 1 aliphatic rings. The normalized spacial score (nSPS) is 19.1. The summed E-state index contributed by atoms with van der Waals surface area (Å²) in [4.78, 5) is 0. The van der Waals surface area contributed by atoms with Crippen molar-refractivity contribution in [1.29, 1.82) is 0 Å². The van der Waals surface area contributed by atoms with E-state index < -0.39 is 0 Å². The van der Waals surface area contributed by atoms with Crippen molar-refractivity contribution >= 4 is 0 Å². The van der Waals surface area contributed by atoms with Crippen LogP contribution in [0.15, 0.2) is 54.6 Å². The Kier molecular flexibility index (Phi) is 3.62. The molecule has 19 heavy (non-hydrogen) atoms. The van der Waals surface area contributed by atoms with Gasteiger partial charge < -0.3 is 9.47 Å². The highest BCUT2D eigenvalue weighted by molar-refractivity contribution is 5.31. The van der Waals surface area contributed by atoms with Gasteiger partial charge in [0.1, 0.15) is 12.2 Å². The van der Waals surface area contributed by atoms with Gasteiger partial charge in [0.2, 0.25) is 0 Å². The first kappa shape index (κ1) is 12.4. The van der Waals surface area contributed by atoms with E-state index >= 15 is 0 Å². The van der Waals surface area contributed by atoms with Gasteiger partial charge in [-0.15, -0.1) is 0 Å². The summed E-state index contributed by atoms with van der Waals surface area (Å²) < 4.78 is 11.3. The summed E-state index contributed by atoms with van der Waals surface area (Å²) in [6.07, 6.45) is 0.280. The van der Waals surface area contributed by atoms with E-state index in [1.165, 1.54) is 16.7 Å². The molecule has 0 aliphatic carbocycles. The zero-order chi connectivity index (χ0) is 13.1. The molecular formula is C17H18O2. The zero-order valence-corrected chi connectivity index (χ0v) is 11.1. The summed E-state index contributed by atoms with van der Waals surface area (Å²) >= 11 is 0. The smallest absolute Gasteiger partial charge is 0.108 e. The highest BCUT2D eigenvalue weighted by atomic mass is 16.6. The Balaban J connectivity index is 1.84. The van der Waals surface area contributed by atoms with Crippen LogP contribution in [0.1, 0.15) is 22.8 Å². The Labute approximate surface area is 114 Å². The first-order valence-electron chi connectivity index (χ1n) is 6.67. The molecule has 2 atom stereocenters. The molecule has 2 aromatic carbocycles. The standard InChI is InChI=1S/C17H18O2/c1-13-7-9-15(10-8-13)17(19-12-16-11-18-16)14-5-3-2-4-6-14/h2-10,16-17H,11-12H2,1H3/t16-,17-/m0/s1. The molecule has 1 aliphatic heterocycles. The first-order chi connectivity index (χ1) is 9.33. The van der Waals surface area contributed by atoms with Crippen molar-refractivity contribution in [3.63, 3.8) is 0 Å². The van der Waals surface area contributed by atoms with Crippen LogP contribution in [0.25, 0.3) is 0 Å². The minimum atomic E-state index is -0.00833. The molecule has 1 heterocycles. The van der Waals surface area contributed by atoms with Crippen LogP contribution in [0.5, 0.6) is 0 Å². The van der Waals surface area contributed by atoms with E-state index in [4.69, 9.17) is 9.47 Å². The van der Waals surface area contributed by atoms with Gasteiger partial charge in [-0.25, -0.2) is 0 Å². The summed E-state index contributed by atoms with van der Waals surface area (Å²) in [5, 5.41) is 0. The first-order valence-corrected chi connectivity index (χ1v) is 6.67. The predicted molar refractivity (Wildman–Crippen MR) is 75.2 cm³/mol. The second kappa shape index (κ2) is 5.55. The van der Waals surface area contributed by atoms with Crippen molar-refractivity contribution in [3.8, 4) is 0 Å². The Bertz CT molecular complexity index is 515. The molecule has 0 saturated carbocycles. The lowest BCUT2D eigenvalue weighted by Crippen LogP contribution is -2.10. The van der Waals surface area contributed by atoms with Crippen molar-refractivity contribution in [2.24, 2.45) is 0 Å². The third-order valence-electron chi connectivity index (χ3n) is 3.33. The van der Waals surface area contributed by atoms with Crippen LogP contribution in [0, 0.1) is 6.92 Å². The fourth-order valence-corrected chi connectivity index (χ4v) is 2.12. The van der Waals surface area contributed by atoms with Gasteiger partial charge in [0, 0.05) is 0 Å². The lowest BCUT2D eigenvalue weighted by molar-refractivity contribution is 0.0672. The molecule has 2 aromatic rings. The number of hydrogen-bond acceptors (Lipinski definition) is 2. The minimum absolute atomic E-state index is 0.00833. The molecule has 3 rings (SSSR count). The summed E-state index contributed by atoms with van der Waals surface area (Å²) in [6, 6.07) is 18.9. The lowest BCUT2D eigenvalue weighted by Gasteiger charge is -2.18. The number of ether oxygens (including phenoxy) is 2. The molecule has 1 fully saturated rings. The van der Waals surface area contributed by atoms with Crippen LogP contribution in [-0.4, -0.2) is 19.3 Å². The van der Waals surface area contributed by atoms with E-state index in [9.17, 15) is 0 Å². The number of epoxide rings is 1. The maximum atomic E-state index is 6.05. The highest BCUT2D eigenvalue weighted by Gasteiger charge is 2.25. The quantitative estimate of drug-likeness (QED) is 0.762. The van der Waals surface area contributed by atoms with Crippen molar-refractivity contribution in [2.75, 3.05) is 13.2 Å². The average Bonchev–Trinajstić information content (AvgIpc) is 3.26. The molecule has 0 spiro atoms. The van der Waals surface area contributed by atoms with E-state index in [1.54, 1.807) is 0 Å². The van der Waals surface area contributed by atoms with Crippen molar-refractivity contribution < 1.29 is 9.47 Å². The van der Waals surface area contributed by atoms with Crippen molar-refractivity contribution in [1.82, 2.24) is 0 Å². The Morgan fingerprint density at radius 1 is 1.05 bits per heavy atom. The molecule has 1 saturated heterocycles. The monoisotopic (exact) mass is 254 g/mol. The van der Waals surface area contributed by atoms with Crippen LogP contribution in [0.2, 0.25) is 0 Å². The van der Waals surface area contributed by atoms with Gasteiger partial charge in [0.15, 0.2) is 0 Å². The van der Waals surface area contributed by atoms with E-state index in [2.05, 4.69) is 43.3 Å². The summed E-state index contributed by atoms with van der Waals surface area (Å²) in [5.41, 5.74) is 3.64. The molecule has 98 valence electrons. The van der Waals surface area contributed by atoms with Crippen LogP contribution in [0.3, 0.4) is 0 Å². The summed E-state index contributed by atoms with van der Waals surface area (Å²) in [6.45, 7) is 3.59. The molecule has 2 heteroatoms. The summed E-state index contributed by atoms with van der Waals surface area (Å²) in [7, 11) is 0. The average molecular weight is 254 g/mol. The molecule has 0 unspecified atom stereocenters. The van der Waals surface area contributed by atoms with E-state index in [-0.39, 0.29) is 12.2 Å².